The van der Waals surface area contributed by atoms with E-state index in [9.17, 15) is 26.7 Å². The van der Waals surface area contributed by atoms with E-state index in [1.807, 2.05) is 0 Å². The summed E-state index contributed by atoms with van der Waals surface area (Å²) in [6.45, 7) is -1.86. The standard InChI is InChI=1S/C11H12F5N3O/c12-10(13,4-17)5-19-6-1-2-7(9(18)20)8(3-6)11(14,15)16/h1-3,19H,4-5,17H2,(H2,18,20). The minimum Gasteiger partial charge on any atom is -0.379 e. The van der Waals surface area contributed by atoms with Gasteiger partial charge in [0, 0.05) is 5.69 Å². The van der Waals surface area contributed by atoms with Gasteiger partial charge in [-0.05, 0) is 18.2 Å². The van der Waals surface area contributed by atoms with E-state index in [-0.39, 0.29) is 5.69 Å². The van der Waals surface area contributed by atoms with Crippen molar-refractivity contribution in [1.82, 2.24) is 0 Å². The molecule has 0 spiro atoms. The van der Waals surface area contributed by atoms with Crippen LogP contribution in [-0.4, -0.2) is 24.9 Å². The summed E-state index contributed by atoms with van der Waals surface area (Å²) >= 11 is 0. The Balaban J connectivity index is 3.05. The molecule has 1 aromatic rings. The lowest BCUT2D eigenvalue weighted by Crippen LogP contribution is -2.35. The van der Waals surface area contributed by atoms with Crippen LogP contribution in [0.2, 0.25) is 0 Å². The predicted molar refractivity (Wildman–Crippen MR) is 62.5 cm³/mol. The summed E-state index contributed by atoms with van der Waals surface area (Å²) in [5, 5.41) is 2.13. The third-order valence-corrected chi connectivity index (χ3v) is 2.44. The minimum absolute atomic E-state index is 0.213. The topological polar surface area (TPSA) is 81.1 Å². The number of alkyl halides is 5. The molecular formula is C11H12F5N3O. The van der Waals surface area contributed by atoms with Crippen molar-refractivity contribution < 1.29 is 26.7 Å². The molecular weight excluding hydrogens is 285 g/mol. The SMILES string of the molecule is NCC(F)(F)CNc1ccc(C(N)=O)c(C(F)(F)F)c1. The summed E-state index contributed by atoms with van der Waals surface area (Å²) in [7, 11) is 0. The zero-order chi connectivity index (χ0) is 15.6. The summed E-state index contributed by atoms with van der Waals surface area (Å²) in [5.74, 6) is -4.50. The molecule has 4 nitrogen and oxygen atoms in total. The number of amides is 1. The molecule has 0 fully saturated rings. The summed E-state index contributed by atoms with van der Waals surface area (Å²) < 4.78 is 64.0. The molecule has 1 aromatic carbocycles. The van der Waals surface area contributed by atoms with Crippen LogP contribution in [0.25, 0.3) is 0 Å². The number of primary amides is 1. The molecule has 20 heavy (non-hydrogen) atoms. The van der Waals surface area contributed by atoms with Crippen molar-refractivity contribution in [2.75, 3.05) is 18.4 Å². The van der Waals surface area contributed by atoms with Crippen LogP contribution in [-0.2, 0) is 6.18 Å². The van der Waals surface area contributed by atoms with Crippen LogP contribution in [0.4, 0.5) is 27.6 Å². The van der Waals surface area contributed by atoms with E-state index in [1.165, 1.54) is 0 Å². The fourth-order valence-electron chi connectivity index (χ4n) is 1.41. The fraction of sp³-hybridized carbons (Fsp3) is 0.364. The van der Waals surface area contributed by atoms with Gasteiger partial charge in [0.15, 0.2) is 0 Å². The van der Waals surface area contributed by atoms with Crippen molar-refractivity contribution >= 4 is 11.6 Å². The smallest absolute Gasteiger partial charge is 0.379 e. The largest absolute Gasteiger partial charge is 0.417 e. The van der Waals surface area contributed by atoms with Crippen molar-refractivity contribution in [1.29, 1.82) is 0 Å². The number of nitrogens with two attached hydrogens (primary N) is 2. The first-order chi connectivity index (χ1) is 9.07. The van der Waals surface area contributed by atoms with Crippen molar-refractivity contribution in [2.24, 2.45) is 11.5 Å². The normalized spacial score (nSPS) is 12.3. The number of carbonyl (C=O) groups excluding carboxylic acids is 1. The van der Waals surface area contributed by atoms with E-state index in [4.69, 9.17) is 11.5 Å². The lowest BCUT2D eigenvalue weighted by molar-refractivity contribution is -0.137. The number of halogens is 5. The van der Waals surface area contributed by atoms with Crippen molar-refractivity contribution in [2.45, 2.75) is 12.1 Å². The highest BCUT2D eigenvalue weighted by Gasteiger charge is 2.35. The van der Waals surface area contributed by atoms with Crippen molar-refractivity contribution in [3.05, 3.63) is 29.3 Å². The van der Waals surface area contributed by atoms with Gasteiger partial charge < -0.3 is 16.8 Å². The van der Waals surface area contributed by atoms with E-state index in [1.54, 1.807) is 0 Å². The number of anilines is 1. The van der Waals surface area contributed by atoms with E-state index in [0.717, 1.165) is 12.1 Å². The molecule has 0 heterocycles. The summed E-state index contributed by atoms with van der Waals surface area (Å²) in [6.07, 6.45) is -4.82. The second-order valence-corrected chi connectivity index (χ2v) is 4.04. The van der Waals surface area contributed by atoms with Crippen LogP contribution in [0.15, 0.2) is 18.2 Å². The number of benzene rings is 1. The van der Waals surface area contributed by atoms with E-state index < -0.39 is 42.2 Å². The number of carbonyl (C=O) groups is 1. The maximum Gasteiger partial charge on any atom is 0.417 e. The zero-order valence-corrected chi connectivity index (χ0v) is 10.1. The predicted octanol–water partition coefficient (Wildman–Crippen LogP) is 1.81. The average molecular weight is 297 g/mol. The highest BCUT2D eigenvalue weighted by Crippen LogP contribution is 2.33. The molecule has 0 saturated carbocycles. The number of hydrogen-bond acceptors (Lipinski definition) is 3. The molecule has 0 aliphatic heterocycles. The summed E-state index contributed by atoms with van der Waals surface area (Å²) in [5.41, 5.74) is 7.41. The fourth-order valence-corrected chi connectivity index (χ4v) is 1.41. The summed E-state index contributed by atoms with van der Waals surface area (Å²) in [6, 6.07) is 2.43. The first kappa shape index (κ1) is 16.2. The monoisotopic (exact) mass is 297 g/mol. The van der Waals surface area contributed by atoms with Crippen LogP contribution < -0.4 is 16.8 Å². The lowest BCUT2D eigenvalue weighted by atomic mass is 10.1. The Labute approximate surface area is 110 Å². The molecule has 0 unspecified atom stereocenters. The van der Waals surface area contributed by atoms with Crippen molar-refractivity contribution in [3.8, 4) is 0 Å². The third kappa shape index (κ3) is 4.05. The van der Waals surface area contributed by atoms with Gasteiger partial charge in [0.25, 0.3) is 5.92 Å². The number of nitrogens with one attached hydrogen (secondary N) is 1. The van der Waals surface area contributed by atoms with Crippen LogP contribution in [0.5, 0.6) is 0 Å². The van der Waals surface area contributed by atoms with Crippen molar-refractivity contribution in [3.63, 3.8) is 0 Å². The second kappa shape index (κ2) is 5.61. The molecule has 0 saturated heterocycles. The molecule has 9 heteroatoms. The summed E-state index contributed by atoms with van der Waals surface area (Å²) in [4.78, 5) is 10.9. The van der Waals surface area contributed by atoms with E-state index >= 15 is 0 Å². The highest BCUT2D eigenvalue weighted by atomic mass is 19.4. The Bertz CT molecular complexity index is 501. The second-order valence-electron chi connectivity index (χ2n) is 4.04. The van der Waals surface area contributed by atoms with E-state index in [0.29, 0.717) is 6.07 Å². The highest BCUT2D eigenvalue weighted by molar-refractivity contribution is 5.95. The Morgan fingerprint density at radius 3 is 2.25 bits per heavy atom. The average Bonchev–Trinajstić information content (AvgIpc) is 2.35. The minimum atomic E-state index is -4.82. The van der Waals surface area contributed by atoms with Gasteiger partial charge in [-0.1, -0.05) is 0 Å². The van der Waals surface area contributed by atoms with E-state index in [2.05, 4.69) is 5.32 Å². The van der Waals surface area contributed by atoms with Gasteiger partial charge in [0.1, 0.15) is 0 Å². The van der Waals surface area contributed by atoms with Gasteiger partial charge in [0.2, 0.25) is 5.91 Å². The first-order valence-electron chi connectivity index (χ1n) is 5.39. The van der Waals surface area contributed by atoms with Crippen LogP contribution >= 0.6 is 0 Å². The third-order valence-electron chi connectivity index (χ3n) is 2.44. The van der Waals surface area contributed by atoms with Gasteiger partial charge in [-0.25, -0.2) is 8.78 Å². The Morgan fingerprint density at radius 1 is 1.20 bits per heavy atom. The molecule has 0 bridgehead atoms. The van der Waals surface area contributed by atoms with Crippen LogP contribution in [0, 0.1) is 0 Å². The molecule has 0 atom stereocenters. The molecule has 112 valence electrons. The zero-order valence-electron chi connectivity index (χ0n) is 10.1. The Morgan fingerprint density at radius 2 is 1.80 bits per heavy atom. The van der Waals surface area contributed by atoms with Gasteiger partial charge in [-0.15, -0.1) is 0 Å². The molecule has 1 rings (SSSR count). The van der Waals surface area contributed by atoms with Crippen LogP contribution in [0.3, 0.4) is 0 Å². The molecule has 5 N–H and O–H groups in total. The van der Waals surface area contributed by atoms with Gasteiger partial charge in [0.05, 0.1) is 24.2 Å². The van der Waals surface area contributed by atoms with Gasteiger partial charge in [-0.3, -0.25) is 4.79 Å². The molecule has 0 aliphatic carbocycles. The molecule has 0 aliphatic rings. The van der Waals surface area contributed by atoms with Gasteiger partial charge >= 0.3 is 6.18 Å². The maximum atomic E-state index is 12.9. The maximum absolute atomic E-state index is 12.9. The first-order valence-corrected chi connectivity index (χ1v) is 5.39. The lowest BCUT2D eigenvalue weighted by Gasteiger charge is -2.17. The Hall–Kier alpha value is -1.90. The quantitative estimate of drug-likeness (QED) is 0.725. The number of rotatable bonds is 5. The molecule has 0 aromatic heterocycles. The number of hydrogen-bond donors (Lipinski definition) is 3. The Kier molecular flexibility index (Phi) is 4.53. The van der Waals surface area contributed by atoms with Crippen LogP contribution in [0.1, 0.15) is 15.9 Å². The van der Waals surface area contributed by atoms with Gasteiger partial charge in [-0.2, -0.15) is 13.2 Å². The molecule has 1 amide bonds. The molecule has 0 radical (unpaired) electrons.